The number of hydrogen-bond donors (Lipinski definition) is 0. The third-order valence-electron chi connectivity index (χ3n) is 2.05. The average Bonchev–Trinajstić information content (AvgIpc) is 2.28. The summed E-state index contributed by atoms with van der Waals surface area (Å²) in [5.74, 6) is 0. The van der Waals surface area contributed by atoms with Crippen LogP contribution in [0.25, 0.3) is 0 Å². The van der Waals surface area contributed by atoms with Gasteiger partial charge in [0.2, 0.25) is 0 Å². The van der Waals surface area contributed by atoms with Crippen molar-refractivity contribution in [3.8, 4) is 0 Å². The predicted octanol–water partition coefficient (Wildman–Crippen LogP) is 3.70. The largest absolute Gasteiger partial charge is 0.264 e. The molecule has 0 aromatic carbocycles. The molecule has 0 saturated heterocycles. The summed E-state index contributed by atoms with van der Waals surface area (Å²) in [5, 5.41) is 0. The Balaban J connectivity index is 2.51. The molecule has 0 amide bonds. The molecule has 0 unspecified atom stereocenters. The van der Waals surface area contributed by atoms with Crippen molar-refractivity contribution in [2.24, 2.45) is 0 Å². The Bertz CT molecular complexity index is 358. The monoisotopic (exact) mass is 199 g/mol. The predicted molar refractivity (Wildman–Crippen MR) is 65.7 cm³/mol. The van der Waals surface area contributed by atoms with E-state index < -0.39 is 0 Å². The molecule has 15 heavy (non-hydrogen) atoms. The summed E-state index contributed by atoms with van der Waals surface area (Å²) in [4.78, 5) is 4.08. The third kappa shape index (κ3) is 4.96. The summed E-state index contributed by atoms with van der Waals surface area (Å²) < 4.78 is 0. The van der Waals surface area contributed by atoms with Crippen LogP contribution >= 0.6 is 0 Å². The molecule has 0 fully saturated rings. The molecule has 1 aromatic rings. The van der Waals surface area contributed by atoms with E-state index in [-0.39, 0.29) is 0 Å². The highest BCUT2D eigenvalue weighted by atomic mass is 14.6. The van der Waals surface area contributed by atoms with Gasteiger partial charge >= 0.3 is 0 Å². The fraction of sp³-hybridized carbons (Fsp3) is 0.214. The third-order valence-corrected chi connectivity index (χ3v) is 2.05. The summed E-state index contributed by atoms with van der Waals surface area (Å²) in [7, 11) is 0. The number of hydrogen-bond acceptors (Lipinski definition) is 1. The summed E-state index contributed by atoms with van der Waals surface area (Å²) in [6, 6.07) is 4.06. The molecule has 0 N–H and O–H groups in total. The second-order valence-electron chi connectivity index (χ2n) is 3.40. The van der Waals surface area contributed by atoms with Gasteiger partial charge in [0.05, 0.1) is 0 Å². The van der Waals surface area contributed by atoms with E-state index in [4.69, 9.17) is 0 Å². The zero-order valence-corrected chi connectivity index (χ0v) is 9.35. The fourth-order valence-corrected chi connectivity index (χ4v) is 1.18. The summed E-state index contributed by atoms with van der Waals surface area (Å²) in [6.07, 6.45) is 15.1. The number of aromatic nitrogens is 1. The average molecular weight is 199 g/mol. The molecule has 1 nitrogen and oxygen atoms in total. The lowest BCUT2D eigenvalue weighted by Crippen LogP contribution is -1.82. The molecule has 0 atom stereocenters. The molecule has 1 aromatic heterocycles. The molecule has 0 aliphatic heterocycles. The smallest absolute Gasteiger partial charge is 0.0303 e. The summed E-state index contributed by atoms with van der Waals surface area (Å²) in [5.41, 5.74) is 2.52. The Hall–Kier alpha value is -1.63. The Morgan fingerprint density at radius 1 is 1.40 bits per heavy atom. The van der Waals surface area contributed by atoms with Crippen molar-refractivity contribution < 1.29 is 0 Å². The van der Waals surface area contributed by atoms with Crippen molar-refractivity contribution in [2.75, 3.05) is 0 Å². The van der Waals surface area contributed by atoms with Gasteiger partial charge in [-0.15, -0.1) is 0 Å². The normalized spacial score (nSPS) is 12.8. The number of allylic oxidation sites excluding steroid dienone is 6. The van der Waals surface area contributed by atoms with Crippen LogP contribution in [0.5, 0.6) is 0 Å². The van der Waals surface area contributed by atoms with Gasteiger partial charge in [-0.1, -0.05) is 42.0 Å². The van der Waals surface area contributed by atoms with Crippen molar-refractivity contribution in [3.63, 3.8) is 0 Å². The van der Waals surface area contributed by atoms with Gasteiger partial charge in [0.1, 0.15) is 0 Å². The maximum Gasteiger partial charge on any atom is 0.0303 e. The zero-order chi connectivity index (χ0) is 10.9. The highest BCUT2D eigenvalue weighted by molar-refractivity contribution is 5.23. The van der Waals surface area contributed by atoms with Crippen LogP contribution in [-0.4, -0.2) is 4.98 Å². The van der Waals surface area contributed by atoms with Crippen LogP contribution in [0.1, 0.15) is 19.4 Å². The molecule has 0 saturated carbocycles. The van der Waals surface area contributed by atoms with Crippen LogP contribution in [0.4, 0.5) is 0 Å². The van der Waals surface area contributed by atoms with Gasteiger partial charge in [-0.3, -0.25) is 4.98 Å². The van der Waals surface area contributed by atoms with Crippen LogP contribution < -0.4 is 0 Å². The maximum absolute atomic E-state index is 4.08. The van der Waals surface area contributed by atoms with Crippen LogP contribution in [0.15, 0.2) is 60.5 Å². The quantitative estimate of drug-likeness (QED) is 0.674. The first kappa shape index (κ1) is 11.4. The first-order valence-corrected chi connectivity index (χ1v) is 5.18. The Morgan fingerprint density at radius 2 is 2.27 bits per heavy atom. The van der Waals surface area contributed by atoms with Gasteiger partial charge < -0.3 is 0 Å². The lowest BCUT2D eigenvalue weighted by atomic mass is 10.1. The Labute approximate surface area is 91.9 Å². The van der Waals surface area contributed by atoms with Gasteiger partial charge in [0, 0.05) is 12.4 Å². The number of pyridine rings is 1. The topological polar surface area (TPSA) is 12.9 Å². The SMILES string of the molecule is C\C=C/C=C\C(C)=C/Cc1cccnc1. The van der Waals surface area contributed by atoms with Gasteiger partial charge in [-0.2, -0.15) is 0 Å². The van der Waals surface area contributed by atoms with Gasteiger partial charge in [0.15, 0.2) is 0 Å². The second-order valence-corrected chi connectivity index (χ2v) is 3.40. The van der Waals surface area contributed by atoms with E-state index in [1.165, 1.54) is 11.1 Å². The van der Waals surface area contributed by atoms with Crippen molar-refractivity contribution in [3.05, 3.63) is 66.0 Å². The van der Waals surface area contributed by atoms with Crippen LogP contribution in [0.3, 0.4) is 0 Å². The molecule has 1 heteroatoms. The van der Waals surface area contributed by atoms with Crippen molar-refractivity contribution in [2.45, 2.75) is 20.3 Å². The first-order chi connectivity index (χ1) is 7.33. The minimum absolute atomic E-state index is 0.944. The lowest BCUT2D eigenvalue weighted by molar-refractivity contribution is 1.18. The first-order valence-electron chi connectivity index (χ1n) is 5.18. The molecular formula is C14H17N. The standard InChI is InChI=1S/C14H17N/c1-3-4-5-7-13(2)9-10-14-8-6-11-15-12-14/h3-9,11-12H,10H2,1-2H3/b4-3-,7-5-,13-9-. The molecule has 0 aliphatic carbocycles. The fourth-order valence-electron chi connectivity index (χ4n) is 1.18. The molecule has 78 valence electrons. The zero-order valence-electron chi connectivity index (χ0n) is 9.35. The molecule has 0 spiro atoms. The Morgan fingerprint density at radius 3 is 2.93 bits per heavy atom. The van der Waals surface area contributed by atoms with Crippen LogP contribution in [0.2, 0.25) is 0 Å². The maximum atomic E-state index is 4.08. The van der Waals surface area contributed by atoms with Crippen molar-refractivity contribution in [1.29, 1.82) is 0 Å². The highest BCUT2D eigenvalue weighted by Crippen LogP contribution is 2.02. The van der Waals surface area contributed by atoms with Crippen molar-refractivity contribution in [1.82, 2.24) is 4.98 Å². The molecule has 0 aliphatic rings. The van der Waals surface area contributed by atoms with Gasteiger partial charge in [0.25, 0.3) is 0 Å². The van der Waals surface area contributed by atoms with Crippen molar-refractivity contribution >= 4 is 0 Å². The minimum Gasteiger partial charge on any atom is -0.264 e. The summed E-state index contributed by atoms with van der Waals surface area (Å²) >= 11 is 0. The van der Waals surface area contributed by atoms with E-state index in [1.54, 1.807) is 6.20 Å². The van der Waals surface area contributed by atoms with Crippen LogP contribution in [-0.2, 0) is 6.42 Å². The molecule has 1 rings (SSSR count). The minimum atomic E-state index is 0.944. The second kappa shape index (κ2) is 6.77. The van der Waals surface area contributed by atoms with E-state index in [9.17, 15) is 0 Å². The lowest BCUT2D eigenvalue weighted by Gasteiger charge is -1.95. The van der Waals surface area contributed by atoms with E-state index in [0.29, 0.717) is 0 Å². The van der Waals surface area contributed by atoms with E-state index in [2.05, 4.69) is 36.2 Å². The molecule has 0 radical (unpaired) electrons. The number of nitrogens with zero attached hydrogens (tertiary/aromatic N) is 1. The molecule has 1 heterocycles. The molecular weight excluding hydrogens is 182 g/mol. The number of rotatable bonds is 4. The molecule has 0 bridgehead atoms. The van der Waals surface area contributed by atoms with Gasteiger partial charge in [-0.25, -0.2) is 0 Å². The van der Waals surface area contributed by atoms with E-state index >= 15 is 0 Å². The summed E-state index contributed by atoms with van der Waals surface area (Å²) in [6.45, 7) is 4.12. The van der Waals surface area contributed by atoms with E-state index in [0.717, 1.165) is 6.42 Å². The van der Waals surface area contributed by atoms with Gasteiger partial charge in [-0.05, 0) is 31.9 Å². The van der Waals surface area contributed by atoms with Crippen LogP contribution in [0, 0.1) is 0 Å². The highest BCUT2D eigenvalue weighted by Gasteiger charge is 1.88. The van der Waals surface area contributed by atoms with E-state index in [1.807, 2.05) is 31.3 Å². The Kier molecular flexibility index (Phi) is 5.16.